The summed E-state index contributed by atoms with van der Waals surface area (Å²) in [5, 5.41) is 12.5. The molecule has 3 aromatic carbocycles. The number of hydrogen-bond donors (Lipinski definition) is 3. The second kappa shape index (κ2) is 9.47. The Balaban J connectivity index is 1.68. The Bertz CT molecular complexity index is 1050. The second-order valence-electron chi connectivity index (χ2n) is 6.49. The van der Waals surface area contributed by atoms with Crippen molar-refractivity contribution in [2.75, 3.05) is 13.7 Å². The van der Waals surface area contributed by atoms with Crippen LogP contribution in [0.1, 0.15) is 26.3 Å². The molecule has 0 heterocycles. The highest BCUT2D eigenvalue weighted by atomic mass is 16.5. The lowest BCUT2D eigenvalue weighted by molar-refractivity contribution is 0.0951. The first-order valence-corrected chi connectivity index (χ1v) is 9.29. The van der Waals surface area contributed by atoms with Crippen molar-refractivity contribution in [2.24, 2.45) is 5.73 Å². The number of methoxy groups -OCH3 is 1. The van der Waals surface area contributed by atoms with E-state index in [1.165, 1.54) is 18.2 Å². The van der Waals surface area contributed by atoms with Gasteiger partial charge in [-0.25, -0.2) is 0 Å². The summed E-state index contributed by atoms with van der Waals surface area (Å²) < 4.78 is 11.0. The molecule has 4 N–H and O–H groups in total. The molecule has 3 aromatic rings. The summed E-state index contributed by atoms with van der Waals surface area (Å²) in [6.07, 6.45) is 0.333. The van der Waals surface area contributed by atoms with E-state index < -0.39 is 5.91 Å². The lowest BCUT2D eigenvalue weighted by Gasteiger charge is -2.12. The van der Waals surface area contributed by atoms with Crippen molar-refractivity contribution in [1.29, 1.82) is 0 Å². The van der Waals surface area contributed by atoms with Crippen LogP contribution in [0.4, 0.5) is 0 Å². The van der Waals surface area contributed by atoms with Crippen LogP contribution in [0.15, 0.2) is 66.7 Å². The van der Waals surface area contributed by atoms with Gasteiger partial charge in [0, 0.05) is 12.1 Å². The van der Waals surface area contributed by atoms with Crippen molar-refractivity contribution < 1.29 is 24.2 Å². The normalized spacial score (nSPS) is 10.3. The number of para-hydroxylation sites is 1. The molecule has 0 aliphatic heterocycles. The quantitative estimate of drug-likeness (QED) is 0.532. The minimum absolute atomic E-state index is 0.0274. The molecule has 0 saturated carbocycles. The zero-order valence-corrected chi connectivity index (χ0v) is 16.4. The Hall–Kier alpha value is -4.00. The molecule has 2 amide bonds. The highest BCUT2D eigenvalue weighted by Gasteiger charge is 2.14. The number of carbonyl (C=O) groups is 2. The molecular formula is C23H22N2O5. The van der Waals surface area contributed by atoms with Crippen LogP contribution in [0.2, 0.25) is 0 Å². The van der Waals surface area contributed by atoms with Gasteiger partial charge >= 0.3 is 0 Å². The smallest absolute Gasteiger partial charge is 0.255 e. The number of ether oxygens (including phenoxy) is 2. The fraction of sp³-hybridized carbons (Fsp3) is 0.130. The van der Waals surface area contributed by atoms with E-state index >= 15 is 0 Å². The molecule has 0 aliphatic carbocycles. The van der Waals surface area contributed by atoms with Crippen LogP contribution in [0.5, 0.6) is 23.0 Å². The third-order valence-electron chi connectivity index (χ3n) is 4.45. The predicted molar refractivity (Wildman–Crippen MR) is 112 cm³/mol. The number of rotatable bonds is 8. The average Bonchev–Trinajstić information content (AvgIpc) is 2.74. The van der Waals surface area contributed by atoms with Gasteiger partial charge in [0.1, 0.15) is 23.0 Å². The van der Waals surface area contributed by atoms with Crippen molar-refractivity contribution in [3.63, 3.8) is 0 Å². The van der Waals surface area contributed by atoms with Crippen LogP contribution in [0, 0.1) is 0 Å². The number of phenols is 1. The van der Waals surface area contributed by atoms with E-state index in [4.69, 9.17) is 15.2 Å². The van der Waals surface area contributed by atoms with E-state index in [-0.39, 0.29) is 18.2 Å². The Kier molecular flexibility index (Phi) is 6.54. The van der Waals surface area contributed by atoms with Gasteiger partial charge in [-0.15, -0.1) is 0 Å². The van der Waals surface area contributed by atoms with Gasteiger partial charge in [-0.2, -0.15) is 0 Å². The first-order chi connectivity index (χ1) is 14.5. The molecule has 0 unspecified atom stereocenters. The summed E-state index contributed by atoms with van der Waals surface area (Å²) in [5.41, 5.74) is 6.61. The lowest BCUT2D eigenvalue weighted by atomic mass is 10.0. The molecule has 154 valence electrons. The molecule has 0 atom stereocenters. The molecule has 0 spiro atoms. The van der Waals surface area contributed by atoms with E-state index in [0.717, 1.165) is 0 Å². The minimum Gasteiger partial charge on any atom is -0.508 e. The van der Waals surface area contributed by atoms with Gasteiger partial charge in [-0.05, 0) is 66.6 Å². The Morgan fingerprint density at radius 3 is 2.37 bits per heavy atom. The number of carbonyl (C=O) groups excluding carboxylic acids is 2. The molecular weight excluding hydrogens is 384 g/mol. The van der Waals surface area contributed by atoms with Crippen LogP contribution in [0.25, 0.3) is 0 Å². The second-order valence-corrected chi connectivity index (χ2v) is 6.49. The fourth-order valence-electron chi connectivity index (χ4n) is 2.95. The molecule has 0 bridgehead atoms. The Morgan fingerprint density at radius 1 is 0.967 bits per heavy atom. The summed E-state index contributed by atoms with van der Waals surface area (Å²) in [4.78, 5) is 24.2. The van der Waals surface area contributed by atoms with E-state index in [1.807, 2.05) is 0 Å². The topological polar surface area (TPSA) is 111 Å². The standard InChI is InChI=1S/C23H22N2O5/c1-29-17-7-9-18(10-8-17)30-21-5-3-2-4-20(21)23(28)25-13-12-15-14-16(26)6-11-19(15)22(24)27/h2-11,14,26H,12-13H2,1H3,(H2,24,27)(H,25,28). The third kappa shape index (κ3) is 5.08. The summed E-state index contributed by atoms with van der Waals surface area (Å²) in [5.74, 6) is 0.807. The molecule has 7 heteroatoms. The predicted octanol–water partition coefficient (Wildman–Crippen LogP) is 3.26. The number of primary amides is 1. The molecule has 30 heavy (non-hydrogen) atoms. The number of aromatic hydroxyl groups is 1. The van der Waals surface area contributed by atoms with Crippen molar-refractivity contribution in [2.45, 2.75) is 6.42 Å². The van der Waals surface area contributed by atoms with E-state index in [0.29, 0.717) is 40.4 Å². The maximum absolute atomic E-state index is 12.7. The van der Waals surface area contributed by atoms with Gasteiger partial charge in [0.15, 0.2) is 0 Å². The van der Waals surface area contributed by atoms with Gasteiger partial charge in [0.05, 0.1) is 12.7 Å². The Morgan fingerprint density at radius 2 is 1.67 bits per heavy atom. The molecule has 7 nitrogen and oxygen atoms in total. The number of hydrogen-bond acceptors (Lipinski definition) is 5. The molecule has 0 radical (unpaired) electrons. The van der Waals surface area contributed by atoms with Crippen LogP contribution in [-0.4, -0.2) is 30.6 Å². The van der Waals surface area contributed by atoms with Gasteiger partial charge in [-0.3, -0.25) is 9.59 Å². The first kappa shape index (κ1) is 20.7. The highest BCUT2D eigenvalue weighted by Crippen LogP contribution is 2.27. The van der Waals surface area contributed by atoms with Crippen molar-refractivity contribution >= 4 is 11.8 Å². The monoisotopic (exact) mass is 406 g/mol. The minimum atomic E-state index is -0.588. The fourth-order valence-corrected chi connectivity index (χ4v) is 2.95. The van der Waals surface area contributed by atoms with Crippen molar-refractivity contribution in [1.82, 2.24) is 5.32 Å². The zero-order valence-electron chi connectivity index (χ0n) is 16.4. The Labute approximate surface area is 174 Å². The van der Waals surface area contributed by atoms with Crippen LogP contribution in [0.3, 0.4) is 0 Å². The highest BCUT2D eigenvalue weighted by molar-refractivity contribution is 5.97. The largest absolute Gasteiger partial charge is 0.508 e. The summed E-state index contributed by atoms with van der Waals surface area (Å²) in [6.45, 7) is 0.249. The molecule has 0 aromatic heterocycles. The number of nitrogens with two attached hydrogens (primary N) is 1. The third-order valence-corrected chi connectivity index (χ3v) is 4.45. The molecule has 3 rings (SSSR count). The number of phenolic OH excluding ortho intramolecular Hbond substituents is 1. The maximum Gasteiger partial charge on any atom is 0.255 e. The van der Waals surface area contributed by atoms with Gasteiger partial charge in [0.25, 0.3) is 5.91 Å². The first-order valence-electron chi connectivity index (χ1n) is 9.29. The van der Waals surface area contributed by atoms with Gasteiger partial charge < -0.3 is 25.6 Å². The van der Waals surface area contributed by atoms with Crippen LogP contribution < -0.4 is 20.5 Å². The summed E-state index contributed by atoms with van der Waals surface area (Å²) >= 11 is 0. The lowest BCUT2D eigenvalue weighted by Crippen LogP contribution is -2.26. The average molecular weight is 406 g/mol. The number of benzene rings is 3. The van der Waals surface area contributed by atoms with Crippen LogP contribution >= 0.6 is 0 Å². The summed E-state index contributed by atoms with van der Waals surface area (Å²) in [7, 11) is 1.58. The summed E-state index contributed by atoms with van der Waals surface area (Å²) in [6, 6.07) is 18.3. The van der Waals surface area contributed by atoms with E-state index in [9.17, 15) is 14.7 Å². The van der Waals surface area contributed by atoms with Crippen molar-refractivity contribution in [3.05, 3.63) is 83.4 Å². The van der Waals surface area contributed by atoms with E-state index in [2.05, 4.69) is 5.32 Å². The van der Waals surface area contributed by atoms with Crippen LogP contribution in [-0.2, 0) is 6.42 Å². The van der Waals surface area contributed by atoms with Gasteiger partial charge in [0.2, 0.25) is 5.91 Å². The maximum atomic E-state index is 12.7. The zero-order chi connectivity index (χ0) is 21.5. The van der Waals surface area contributed by atoms with Gasteiger partial charge in [-0.1, -0.05) is 12.1 Å². The molecule has 0 fully saturated rings. The molecule has 0 saturated heterocycles. The SMILES string of the molecule is COc1ccc(Oc2ccccc2C(=O)NCCc2cc(O)ccc2C(N)=O)cc1. The number of nitrogens with one attached hydrogen (secondary N) is 1. The molecule has 0 aliphatic rings. The number of amides is 2. The van der Waals surface area contributed by atoms with Crippen molar-refractivity contribution in [3.8, 4) is 23.0 Å². The van der Waals surface area contributed by atoms with E-state index in [1.54, 1.807) is 55.6 Å².